The van der Waals surface area contributed by atoms with E-state index in [0.717, 1.165) is 16.7 Å². The van der Waals surface area contributed by atoms with Crippen LogP contribution in [0.2, 0.25) is 0 Å². The Kier molecular flexibility index (Phi) is 7.29. The first-order valence-electron chi connectivity index (χ1n) is 11.5. The highest BCUT2D eigenvalue weighted by Gasteiger charge is 2.35. The van der Waals surface area contributed by atoms with E-state index in [1.807, 2.05) is 91.9 Å². The van der Waals surface area contributed by atoms with Crippen LogP contribution >= 0.6 is 0 Å². The molecule has 0 aromatic heterocycles. The molecule has 1 atom stereocenters. The van der Waals surface area contributed by atoms with Gasteiger partial charge in [-0.2, -0.15) is 0 Å². The summed E-state index contributed by atoms with van der Waals surface area (Å²) >= 11 is 0. The number of benzene rings is 4. The molecule has 0 heterocycles. The van der Waals surface area contributed by atoms with Crippen molar-refractivity contribution in [2.75, 3.05) is 0 Å². The van der Waals surface area contributed by atoms with Gasteiger partial charge < -0.3 is 0 Å². The number of hydrogen-bond donors (Lipinski definition) is 0. The third-order valence-corrected chi connectivity index (χ3v) is 6.08. The molecule has 168 valence electrons. The fraction of sp³-hybridized carbons (Fsp3) is 0.125. The van der Waals surface area contributed by atoms with Crippen LogP contribution in [0.15, 0.2) is 115 Å². The molecule has 0 aliphatic rings. The van der Waals surface area contributed by atoms with Crippen molar-refractivity contribution in [2.24, 2.45) is 5.92 Å². The first-order valence-corrected chi connectivity index (χ1v) is 11.5. The molecule has 4 aromatic rings. The fourth-order valence-electron chi connectivity index (χ4n) is 4.10. The lowest BCUT2D eigenvalue weighted by molar-refractivity contribution is 0.0795. The predicted octanol–water partition coefficient (Wildman–Crippen LogP) is 7.48. The molecule has 0 radical (unpaired) electrons. The first kappa shape index (κ1) is 23.1. The lowest BCUT2D eigenvalue weighted by Crippen LogP contribution is -2.30. The van der Waals surface area contributed by atoms with Gasteiger partial charge in [0.05, 0.1) is 5.92 Å². The van der Waals surface area contributed by atoms with Gasteiger partial charge in [0, 0.05) is 17.0 Å². The smallest absolute Gasteiger partial charge is 0.174 e. The van der Waals surface area contributed by atoms with Gasteiger partial charge in [-0.05, 0) is 25.0 Å². The van der Waals surface area contributed by atoms with Crippen molar-refractivity contribution in [1.82, 2.24) is 0 Å². The molecule has 2 nitrogen and oxygen atoms in total. The van der Waals surface area contributed by atoms with E-state index in [9.17, 15) is 9.59 Å². The van der Waals surface area contributed by atoms with Crippen molar-refractivity contribution in [1.29, 1.82) is 0 Å². The molecule has 0 spiro atoms. The molecule has 4 rings (SSSR count). The van der Waals surface area contributed by atoms with E-state index in [0.29, 0.717) is 11.1 Å². The Hall–Kier alpha value is -4.04. The summed E-state index contributed by atoms with van der Waals surface area (Å²) in [5.74, 6) is -1.64. The zero-order chi connectivity index (χ0) is 23.9. The minimum atomic E-state index is -0.880. The van der Waals surface area contributed by atoms with E-state index in [4.69, 9.17) is 0 Å². The van der Waals surface area contributed by atoms with E-state index in [-0.39, 0.29) is 11.6 Å². The third-order valence-electron chi connectivity index (χ3n) is 6.08. The summed E-state index contributed by atoms with van der Waals surface area (Å²) in [5, 5.41) is 0. The molecule has 4 aromatic carbocycles. The molecular weight excluding hydrogens is 416 g/mol. The summed E-state index contributed by atoms with van der Waals surface area (Å²) in [6.45, 7) is 4.08. The Balaban J connectivity index is 1.83. The Morgan fingerprint density at radius 3 is 1.50 bits per heavy atom. The van der Waals surface area contributed by atoms with E-state index >= 15 is 0 Å². The van der Waals surface area contributed by atoms with Crippen molar-refractivity contribution in [3.8, 4) is 0 Å². The summed E-state index contributed by atoms with van der Waals surface area (Å²) < 4.78 is 0. The number of allylic oxidation sites excluding steroid dienone is 1. The molecule has 0 saturated carbocycles. The number of hydrogen-bond acceptors (Lipinski definition) is 2. The SMILES string of the molecule is Cc1ccc(/C=C/C(c2ccc(C)cc2)C(C(=O)c2ccccc2)C(=O)c2ccccc2)cc1. The molecule has 0 aliphatic carbocycles. The average molecular weight is 445 g/mol. The van der Waals surface area contributed by atoms with Crippen LogP contribution in [0.25, 0.3) is 6.08 Å². The number of carbonyl (C=O) groups excluding carboxylic acids is 2. The van der Waals surface area contributed by atoms with Gasteiger partial charge in [-0.25, -0.2) is 0 Å². The number of ketones is 2. The zero-order valence-corrected chi connectivity index (χ0v) is 19.5. The standard InChI is InChI=1S/C32H28O2/c1-23-13-17-25(18-14-23)19-22-29(26-20-15-24(2)16-21-26)30(31(33)27-9-5-3-6-10-27)32(34)28-11-7-4-8-12-28/h3-22,29-30H,1-2H3/b22-19+. The van der Waals surface area contributed by atoms with Crippen molar-refractivity contribution in [2.45, 2.75) is 19.8 Å². The summed E-state index contributed by atoms with van der Waals surface area (Å²) in [5.41, 5.74) is 5.36. The van der Waals surface area contributed by atoms with Crippen LogP contribution in [0.1, 0.15) is 48.9 Å². The minimum Gasteiger partial charge on any atom is -0.293 e. The number of aryl methyl sites for hydroxylation is 2. The molecule has 2 heteroatoms. The van der Waals surface area contributed by atoms with Crippen LogP contribution in [-0.2, 0) is 0 Å². The Bertz CT molecular complexity index is 1220. The van der Waals surface area contributed by atoms with Gasteiger partial charge in [-0.3, -0.25) is 9.59 Å². The highest BCUT2D eigenvalue weighted by atomic mass is 16.2. The van der Waals surface area contributed by atoms with Gasteiger partial charge in [-0.1, -0.05) is 132 Å². The predicted molar refractivity (Wildman–Crippen MR) is 139 cm³/mol. The van der Waals surface area contributed by atoms with Gasteiger partial charge in [0.25, 0.3) is 0 Å². The molecular formula is C32H28O2. The van der Waals surface area contributed by atoms with Crippen LogP contribution in [-0.4, -0.2) is 11.6 Å². The fourth-order valence-corrected chi connectivity index (χ4v) is 4.10. The lowest BCUT2D eigenvalue weighted by Gasteiger charge is -2.24. The molecule has 34 heavy (non-hydrogen) atoms. The highest BCUT2D eigenvalue weighted by molar-refractivity contribution is 6.17. The average Bonchev–Trinajstić information content (AvgIpc) is 2.88. The van der Waals surface area contributed by atoms with Gasteiger partial charge in [0.15, 0.2) is 11.6 Å². The van der Waals surface area contributed by atoms with E-state index in [2.05, 4.69) is 19.1 Å². The second-order valence-electron chi connectivity index (χ2n) is 8.64. The molecule has 1 unspecified atom stereocenters. The molecule has 0 fully saturated rings. The molecule has 0 bridgehead atoms. The van der Waals surface area contributed by atoms with Crippen molar-refractivity contribution in [3.05, 3.63) is 149 Å². The lowest BCUT2D eigenvalue weighted by atomic mass is 9.76. The van der Waals surface area contributed by atoms with E-state index in [1.54, 1.807) is 24.3 Å². The molecule has 0 aliphatic heterocycles. The van der Waals surface area contributed by atoms with Crippen LogP contribution < -0.4 is 0 Å². The maximum absolute atomic E-state index is 13.8. The number of Topliss-reactive ketones (excluding diaryl/α,β-unsaturated/α-hetero) is 2. The summed E-state index contributed by atoms with van der Waals surface area (Å²) in [7, 11) is 0. The molecule has 0 amide bonds. The Morgan fingerprint density at radius 2 is 1.03 bits per heavy atom. The maximum Gasteiger partial charge on any atom is 0.174 e. The van der Waals surface area contributed by atoms with Crippen molar-refractivity contribution < 1.29 is 9.59 Å². The Labute approximate surface area is 201 Å². The van der Waals surface area contributed by atoms with Crippen molar-refractivity contribution in [3.63, 3.8) is 0 Å². The largest absolute Gasteiger partial charge is 0.293 e. The van der Waals surface area contributed by atoms with Crippen LogP contribution in [0, 0.1) is 19.8 Å². The van der Waals surface area contributed by atoms with Crippen LogP contribution in [0.5, 0.6) is 0 Å². The maximum atomic E-state index is 13.8. The van der Waals surface area contributed by atoms with Crippen molar-refractivity contribution >= 4 is 17.6 Å². The van der Waals surface area contributed by atoms with Gasteiger partial charge >= 0.3 is 0 Å². The zero-order valence-electron chi connectivity index (χ0n) is 19.5. The van der Waals surface area contributed by atoms with Crippen LogP contribution in [0.3, 0.4) is 0 Å². The van der Waals surface area contributed by atoms with E-state index in [1.165, 1.54) is 5.56 Å². The summed E-state index contributed by atoms with van der Waals surface area (Å²) in [6, 6.07) is 34.5. The highest BCUT2D eigenvalue weighted by Crippen LogP contribution is 2.33. The number of rotatable bonds is 8. The van der Waals surface area contributed by atoms with Gasteiger partial charge in [-0.15, -0.1) is 0 Å². The first-order chi connectivity index (χ1) is 16.5. The van der Waals surface area contributed by atoms with Gasteiger partial charge in [0.1, 0.15) is 0 Å². The normalized spacial score (nSPS) is 12.1. The monoisotopic (exact) mass is 444 g/mol. The quantitative estimate of drug-likeness (QED) is 0.208. The van der Waals surface area contributed by atoms with E-state index < -0.39 is 11.8 Å². The molecule has 0 N–H and O–H groups in total. The summed E-state index contributed by atoms with van der Waals surface area (Å²) in [4.78, 5) is 27.7. The van der Waals surface area contributed by atoms with Gasteiger partial charge in [0.2, 0.25) is 0 Å². The van der Waals surface area contributed by atoms with Crippen LogP contribution in [0.4, 0.5) is 0 Å². The minimum absolute atomic E-state index is 0.173. The summed E-state index contributed by atoms with van der Waals surface area (Å²) in [6.07, 6.45) is 4.01. The second-order valence-corrected chi connectivity index (χ2v) is 8.64. The second kappa shape index (κ2) is 10.7. The molecule has 0 saturated heterocycles. The Morgan fingerprint density at radius 1 is 0.588 bits per heavy atom. The third kappa shape index (κ3) is 5.47. The number of carbonyl (C=O) groups is 2. The topological polar surface area (TPSA) is 34.1 Å².